The summed E-state index contributed by atoms with van der Waals surface area (Å²) in [6, 6.07) is 1.91. The molecule has 2 rings (SSSR count). The van der Waals surface area contributed by atoms with Crippen molar-refractivity contribution in [3.8, 4) is 6.07 Å². The zero-order valence-electron chi connectivity index (χ0n) is 8.35. The first-order chi connectivity index (χ1) is 7.40. The monoisotopic (exact) mass is 223 g/mol. The highest BCUT2D eigenvalue weighted by atomic mass is 32.1. The van der Waals surface area contributed by atoms with Crippen molar-refractivity contribution in [1.29, 1.82) is 5.26 Å². The maximum absolute atomic E-state index is 8.99. The van der Waals surface area contributed by atoms with E-state index in [9.17, 15) is 0 Å². The van der Waals surface area contributed by atoms with Gasteiger partial charge in [-0.15, -0.1) is 11.3 Å². The van der Waals surface area contributed by atoms with Crippen molar-refractivity contribution in [2.45, 2.75) is 25.0 Å². The summed E-state index contributed by atoms with van der Waals surface area (Å²) < 4.78 is 5.48. The molecule has 1 aromatic rings. The third-order valence-electron chi connectivity index (χ3n) is 2.40. The Morgan fingerprint density at radius 1 is 1.80 bits per heavy atom. The van der Waals surface area contributed by atoms with Gasteiger partial charge < -0.3 is 4.74 Å². The molecule has 2 unspecified atom stereocenters. The van der Waals surface area contributed by atoms with Gasteiger partial charge in [-0.1, -0.05) is 0 Å². The summed E-state index contributed by atoms with van der Waals surface area (Å²) >= 11 is 1.50. The Morgan fingerprint density at radius 2 is 2.73 bits per heavy atom. The SMILES string of the molecule is N#CC(NCC1CCCO1)c1nccs1. The van der Waals surface area contributed by atoms with Crippen molar-refractivity contribution in [1.82, 2.24) is 10.3 Å². The number of ether oxygens (including phenoxy) is 1. The van der Waals surface area contributed by atoms with Crippen LogP contribution in [0.2, 0.25) is 0 Å². The van der Waals surface area contributed by atoms with Crippen molar-refractivity contribution in [3.05, 3.63) is 16.6 Å². The summed E-state index contributed by atoms with van der Waals surface area (Å²) in [5, 5.41) is 14.9. The minimum Gasteiger partial charge on any atom is -0.377 e. The average molecular weight is 223 g/mol. The molecule has 15 heavy (non-hydrogen) atoms. The van der Waals surface area contributed by atoms with Crippen molar-refractivity contribution in [2.24, 2.45) is 0 Å². The van der Waals surface area contributed by atoms with Crippen LogP contribution in [0.15, 0.2) is 11.6 Å². The highest BCUT2D eigenvalue weighted by Gasteiger charge is 2.18. The zero-order valence-corrected chi connectivity index (χ0v) is 9.17. The topological polar surface area (TPSA) is 57.9 Å². The lowest BCUT2D eigenvalue weighted by atomic mass is 10.2. The van der Waals surface area contributed by atoms with Crippen molar-refractivity contribution in [2.75, 3.05) is 13.2 Å². The van der Waals surface area contributed by atoms with E-state index < -0.39 is 0 Å². The lowest BCUT2D eigenvalue weighted by Crippen LogP contribution is -2.29. The Morgan fingerprint density at radius 3 is 3.33 bits per heavy atom. The molecule has 2 atom stereocenters. The summed E-state index contributed by atoms with van der Waals surface area (Å²) in [5.41, 5.74) is 0. The van der Waals surface area contributed by atoms with Crippen LogP contribution >= 0.6 is 11.3 Å². The molecule has 1 aliphatic rings. The molecule has 0 amide bonds. The molecule has 1 aromatic heterocycles. The van der Waals surface area contributed by atoms with Crippen LogP contribution in [0.5, 0.6) is 0 Å². The van der Waals surface area contributed by atoms with Crippen LogP contribution in [0, 0.1) is 11.3 Å². The quantitative estimate of drug-likeness (QED) is 0.840. The molecular weight excluding hydrogens is 210 g/mol. The Bertz CT molecular complexity index is 327. The number of hydrogen-bond donors (Lipinski definition) is 1. The summed E-state index contributed by atoms with van der Waals surface area (Å²) in [6.45, 7) is 1.58. The minimum absolute atomic E-state index is 0.265. The molecule has 1 N–H and O–H groups in total. The summed E-state index contributed by atoms with van der Waals surface area (Å²) in [4.78, 5) is 4.13. The number of aromatic nitrogens is 1. The second-order valence-electron chi connectivity index (χ2n) is 3.48. The number of nitrogens with one attached hydrogen (secondary N) is 1. The van der Waals surface area contributed by atoms with Gasteiger partial charge in [0, 0.05) is 24.7 Å². The Labute approximate surface area is 92.9 Å². The first-order valence-corrected chi connectivity index (χ1v) is 5.92. The Hall–Kier alpha value is -0.960. The second-order valence-corrected chi connectivity index (χ2v) is 4.40. The standard InChI is InChI=1S/C10H13N3OS/c11-6-9(10-12-3-5-15-10)13-7-8-2-1-4-14-8/h3,5,8-9,13H,1-2,4,7H2. The van der Waals surface area contributed by atoms with Gasteiger partial charge in [-0.25, -0.2) is 4.98 Å². The predicted octanol–water partition coefficient (Wildman–Crippen LogP) is 1.48. The fourth-order valence-electron chi connectivity index (χ4n) is 1.62. The van der Waals surface area contributed by atoms with Crippen LogP contribution in [0.4, 0.5) is 0 Å². The maximum atomic E-state index is 8.99. The molecule has 5 heteroatoms. The van der Waals surface area contributed by atoms with E-state index in [0.29, 0.717) is 0 Å². The van der Waals surface area contributed by atoms with Crippen LogP contribution in [0.25, 0.3) is 0 Å². The Kier molecular flexibility index (Phi) is 3.67. The molecule has 1 aliphatic heterocycles. The van der Waals surface area contributed by atoms with E-state index in [-0.39, 0.29) is 12.1 Å². The molecule has 0 aromatic carbocycles. The number of nitriles is 1. The van der Waals surface area contributed by atoms with Crippen LogP contribution in [0.1, 0.15) is 23.9 Å². The zero-order chi connectivity index (χ0) is 10.5. The van der Waals surface area contributed by atoms with Crippen LogP contribution in [0.3, 0.4) is 0 Å². The third kappa shape index (κ3) is 2.75. The van der Waals surface area contributed by atoms with E-state index in [2.05, 4.69) is 16.4 Å². The van der Waals surface area contributed by atoms with Crippen LogP contribution < -0.4 is 5.32 Å². The molecule has 80 valence electrons. The highest BCUT2D eigenvalue weighted by Crippen LogP contribution is 2.16. The average Bonchev–Trinajstić information content (AvgIpc) is 2.90. The van der Waals surface area contributed by atoms with Gasteiger partial charge in [0.05, 0.1) is 12.2 Å². The lowest BCUT2D eigenvalue weighted by Gasteiger charge is -2.13. The third-order valence-corrected chi connectivity index (χ3v) is 3.24. The van der Waals surface area contributed by atoms with E-state index in [1.54, 1.807) is 6.20 Å². The normalized spacial score (nSPS) is 22.5. The van der Waals surface area contributed by atoms with Crippen molar-refractivity contribution in [3.63, 3.8) is 0 Å². The van der Waals surface area contributed by atoms with Gasteiger partial charge in [-0.3, -0.25) is 5.32 Å². The van der Waals surface area contributed by atoms with Gasteiger partial charge >= 0.3 is 0 Å². The number of rotatable bonds is 4. The molecule has 0 radical (unpaired) electrons. The summed E-state index contributed by atoms with van der Waals surface area (Å²) in [7, 11) is 0. The van der Waals surface area contributed by atoms with Gasteiger partial charge in [0.25, 0.3) is 0 Å². The van der Waals surface area contributed by atoms with E-state index >= 15 is 0 Å². The van der Waals surface area contributed by atoms with Gasteiger partial charge in [-0.05, 0) is 12.8 Å². The van der Waals surface area contributed by atoms with Gasteiger partial charge in [0.1, 0.15) is 11.0 Å². The largest absolute Gasteiger partial charge is 0.377 e. The van der Waals surface area contributed by atoms with E-state index in [4.69, 9.17) is 10.00 Å². The first-order valence-electron chi connectivity index (χ1n) is 5.04. The molecule has 0 spiro atoms. The molecule has 2 heterocycles. The van der Waals surface area contributed by atoms with Crippen molar-refractivity contribution >= 4 is 11.3 Å². The predicted molar refractivity (Wildman–Crippen MR) is 57.4 cm³/mol. The minimum atomic E-state index is -0.297. The maximum Gasteiger partial charge on any atom is 0.148 e. The van der Waals surface area contributed by atoms with Crippen LogP contribution in [-0.4, -0.2) is 24.2 Å². The number of thiazole rings is 1. The van der Waals surface area contributed by atoms with Gasteiger partial charge in [-0.2, -0.15) is 5.26 Å². The van der Waals surface area contributed by atoms with Gasteiger partial charge in [0.15, 0.2) is 0 Å². The van der Waals surface area contributed by atoms with E-state index in [0.717, 1.165) is 31.0 Å². The van der Waals surface area contributed by atoms with Gasteiger partial charge in [0.2, 0.25) is 0 Å². The fraction of sp³-hybridized carbons (Fsp3) is 0.600. The summed E-state index contributed by atoms with van der Waals surface area (Å²) in [6.07, 6.45) is 4.20. The molecule has 4 nitrogen and oxygen atoms in total. The molecular formula is C10H13N3OS. The first kappa shape index (κ1) is 10.6. The highest BCUT2D eigenvalue weighted by molar-refractivity contribution is 7.09. The van der Waals surface area contributed by atoms with E-state index in [1.165, 1.54) is 11.3 Å². The summed E-state index contributed by atoms with van der Waals surface area (Å²) in [5.74, 6) is 0. The number of hydrogen-bond acceptors (Lipinski definition) is 5. The fourth-order valence-corrected chi connectivity index (χ4v) is 2.27. The second kappa shape index (κ2) is 5.21. The Balaban J connectivity index is 1.84. The molecule has 1 saturated heterocycles. The molecule has 1 fully saturated rings. The molecule has 0 bridgehead atoms. The van der Waals surface area contributed by atoms with Crippen molar-refractivity contribution < 1.29 is 4.74 Å². The molecule has 0 aliphatic carbocycles. The lowest BCUT2D eigenvalue weighted by molar-refractivity contribution is 0.109. The number of nitrogens with zero attached hydrogens (tertiary/aromatic N) is 2. The van der Waals surface area contributed by atoms with Crippen LogP contribution in [-0.2, 0) is 4.74 Å². The smallest absolute Gasteiger partial charge is 0.148 e. The van der Waals surface area contributed by atoms with E-state index in [1.807, 2.05) is 5.38 Å². The molecule has 0 saturated carbocycles.